The van der Waals surface area contributed by atoms with Gasteiger partial charge in [-0.3, -0.25) is 9.48 Å². The van der Waals surface area contributed by atoms with Crippen molar-refractivity contribution in [2.45, 2.75) is 38.8 Å². The monoisotopic (exact) mass is 329 g/mol. The van der Waals surface area contributed by atoms with Gasteiger partial charge in [-0.25, -0.2) is 0 Å². The van der Waals surface area contributed by atoms with Crippen LogP contribution in [-0.2, 0) is 17.8 Å². The van der Waals surface area contributed by atoms with Crippen LogP contribution in [0, 0.1) is 5.92 Å². The fraction of sp³-hybridized carbons (Fsp3) is 0.556. The largest absolute Gasteiger partial charge is 0.459 e. The van der Waals surface area contributed by atoms with Crippen LogP contribution in [0.4, 0.5) is 0 Å². The number of aromatic nitrogens is 2. The maximum atomic E-state index is 12.6. The fourth-order valence-electron chi connectivity index (χ4n) is 3.23. The number of amides is 1. The second kappa shape index (κ2) is 6.43. The van der Waals surface area contributed by atoms with Gasteiger partial charge in [-0.1, -0.05) is 0 Å². The summed E-state index contributed by atoms with van der Waals surface area (Å²) in [5.74, 6) is 1.22. The maximum Gasteiger partial charge on any atom is 0.289 e. The zero-order valence-electron chi connectivity index (χ0n) is 14.0. The SMILES string of the molecule is CCn1cc2c(n1)CN(C(=O)c1ccco1)C[C@@H]2COCC1CC1. The predicted octanol–water partition coefficient (Wildman–Crippen LogP) is 2.66. The van der Waals surface area contributed by atoms with Crippen LogP contribution < -0.4 is 0 Å². The summed E-state index contributed by atoms with van der Waals surface area (Å²) >= 11 is 0. The van der Waals surface area contributed by atoms with Crippen LogP contribution in [0.3, 0.4) is 0 Å². The van der Waals surface area contributed by atoms with Crippen LogP contribution in [-0.4, -0.2) is 40.3 Å². The van der Waals surface area contributed by atoms with E-state index in [4.69, 9.17) is 9.15 Å². The van der Waals surface area contributed by atoms with Crippen LogP contribution in [0.15, 0.2) is 29.0 Å². The van der Waals surface area contributed by atoms with Gasteiger partial charge in [0.2, 0.25) is 0 Å². The number of hydrogen-bond acceptors (Lipinski definition) is 4. The van der Waals surface area contributed by atoms with Crippen molar-refractivity contribution in [3.63, 3.8) is 0 Å². The van der Waals surface area contributed by atoms with Gasteiger partial charge in [-0.15, -0.1) is 0 Å². The molecule has 1 saturated carbocycles. The van der Waals surface area contributed by atoms with Crippen LogP contribution in [0.25, 0.3) is 0 Å². The molecule has 2 aromatic rings. The van der Waals surface area contributed by atoms with Gasteiger partial charge in [-0.2, -0.15) is 5.10 Å². The number of ether oxygens (including phenoxy) is 1. The Morgan fingerprint density at radius 3 is 3.00 bits per heavy atom. The summed E-state index contributed by atoms with van der Waals surface area (Å²) in [6, 6.07) is 3.45. The Morgan fingerprint density at radius 2 is 2.29 bits per heavy atom. The first kappa shape index (κ1) is 15.4. The van der Waals surface area contributed by atoms with Crippen molar-refractivity contribution in [1.29, 1.82) is 0 Å². The number of fused-ring (bicyclic) bond motifs is 1. The van der Waals surface area contributed by atoms with E-state index in [0.29, 0.717) is 25.5 Å². The lowest BCUT2D eigenvalue weighted by atomic mass is 9.95. The lowest BCUT2D eigenvalue weighted by Gasteiger charge is -2.31. The second-order valence-corrected chi connectivity index (χ2v) is 6.73. The lowest BCUT2D eigenvalue weighted by Crippen LogP contribution is -2.39. The number of hydrogen-bond donors (Lipinski definition) is 0. The average molecular weight is 329 g/mol. The minimum absolute atomic E-state index is 0.0797. The molecule has 0 spiro atoms. The molecular formula is C18H23N3O3. The Bertz CT molecular complexity index is 703. The third-order valence-corrected chi connectivity index (χ3v) is 4.80. The van der Waals surface area contributed by atoms with E-state index in [-0.39, 0.29) is 11.8 Å². The highest BCUT2D eigenvalue weighted by Gasteiger charge is 2.32. The van der Waals surface area contributed by atoms with Crippen molar-refractivity contribution in [2.75, 3.05) is 19.8 Å². The second-order valence-electron chi connectivity index (χ2n) is 6.73. The molecule has 1 fully saturated rings. The molecule has 0 unspecified atom stereocenters. The number of rotatable bonds is 6. The van der Waals surface area contributed by atoms with E-state index in [0.717, 1.165) is 24.8 Å². The van der Waals surface area contributed by atoms with E-state index >= 15 is 0 Å². The summed E-state index contributed by atoms with van der Waals surface area (Å²) < 4.78 is 13.1. The van der Waals surface area contributed by atoms with Crippen LogP contribution >= 0.6 is 0 Å². The predicted molar refractivity (Wildman–Crippen MR) is 87.6 cm³/mol. The molecule has 2 aliphatic rings. The van der Waals surface area contributed by atoms with Crippen molar-refractivity contribution in [1.82, 2.24) is 14.7 Å². The Kier molecular flexibility index (Phi) is 4.14. The van der Waals surface area contributed by atoms with E-state index in [1.165, 1.54) is 24.7 Å². The van der Waals surface area contributed by atoms with Gasteiger partial charge in [-0.05, 0) is 37.8 Å². The van der Waals surface area contributed by atoms with Crippen molar-refractivity contribution in [2.24, 2.45) is 5.92 Å². The molecule has 1 amide bonds. The zero-order valence-corrected chi connectivity index (χ0v) is 14.0. The molecule has 0 saturated heterocycles. The number of carbonyl (C=O) groups excluding carboxylic acids is 1. The molecule has 0 N–H and O–H groups in total. The highest BCUT2D eigenvalue weighted by Crippen LogP contribution is 2.32. The number of carbonyl (C=O) groups is 1. The van der Waals surface area contributed by atoms with Crippen molar-refractivity contribution < 1.29 is 13.9 Å². The van der Waals surface area contributed by atoms with E-state index < -0.39 is 0 Å². The Balaban J connectivity index is 1.52. The van der Waals surface area contributed by atoms with Gasteiger partial charge in [0.05, 0.1) is 25.1 Å². The first-order chi connectivity index (χ1) is 11.7. The van der Waals surface area contributed by atoms with Crippen molar-refractivity contribution in [3.8, 4) is 0 Å². The molecular weight excluding hydrogens is 306 g/mol. The Labute approximate surface area is 141 Å². The summed E-state index contributed by atoms with van der Waals surface area (Å²) in [5, 5.41) is 4.63. The molecule has 3 heterocycles. The minimum atomic E-state index is -0.0797. The van der Waals surface area contributed by atoms with Gasteiger partial charge in [0.25, 0.3) is 5.91 Å². The Morgan fingerprint density at radius 1 is 1.42 bits per heavy atom. The molecule has 0 bridgehead atoms. The van der Waals surface area contributed by atoms with Gasteiger partial charge < -0.3 is 14.1 Å². The third-order valence-electron chi connectivity index (χ3n) is 4.80. The summed E-state index contributed by atoms with van der Waals surface area (Å²) in [5.41, 5.74) is 2.19. The average Bonchev–Trinajstić information content (AvgIpc) is 3.11. The minimum Gasteiger partial charge on any atom is -0.459 e. The highest BCUT2D eigenvalue weighted by molar-refractivity contribution is 5.91. The standard InChI is InChI=1S/C18H23N3O3/c1-2-21-9-15-14(12-23-11-13-5-6-13)8-20(10-16(15)19-21)18(22)17-4-3-7-24-17/h3-4,7,9,13-14H,2,5-6,8,10-12H2,1H3/t14-/m1/s1. The van der Waals surface area contributed by atoms with E-state index in [1.54, 1.807) is 12.1 Å². The molecule has 6 nitrogen and oxygen atoms in total. The molecule has 4 rings (SSSR count). The summed E-state index contributed by atoms with van der Waals surface area (Å²) in [7, 11) is 0. The van der Waals surface area contributed by atoms with Crippen LogP contribution in [0.5, 0.6) is 0 Å². The van der Waals surface area contributed by atoms with E-state index in [1.807, 2.05) is 9.58 Å². The van der Waals surface area contributed by atoms with Crippen molar-refractivity contribution >= 4 is 5.91 Å². The maximum absolute atomic E-state index is 12.6. The third kappa shape index (κ3) is 3.11. The van der Waals surface area contributed by atoms with Gasteiger partial charge >= 0.3 is 0 Å². The van der Waals surface area contributed by atoms with Gasteiger partial charge in [0.15, 0.2) is 5.76 Å². The Hall–Kier alpha value is -2.08. The van der Waals surface area contributed by atoms with Crippen LogP contribution in [0.1, 0.15) is 47.5 Å². The summed E-state index contributed by atoms with van der Waals surface area (Å²) in [4.78, 5) is 14.5. The summed E-state index contributed by atoms with van der Waals surface area (Å²) in [6.07, 6.45) is 6.21. The molecule has 128 valence electrons. The fourth-order valence-corrected chi connectivity index (χ4v) is 3.23. The van der Waals surface area contributed by atoms with Crippen LogP contribution in [0.2, 0.25) is 0 Å². The molecule has 1 aliphatic carbocycles. The lowest BCUT2D eigenvalue weighted by molar-refractivity contribution is 0.0599. The number of nitrogens with zero attached hydrogens (tertiary/aromatic N) is 3. The molecule has 1 aliphatic heterocycles. The molecule has 2 aromatic heterocycles. The van der Waals surface area contributed by atoms with E-state index in [2.05, 4.69) is 18.2 Å². The topological polar surface area (TPSA) is 60.5 Å². The quantitative estimate of drug-likeness (QED) is 0.817. The summed E-state index contributed by atoms with van der Waals surface area (Å²) in [6.45, 7) is 5.55. The molecule has 24 heavy (non-hydrogen) atoms. The zero-order chi connectivity index (χ0) is 16.5. The first-order valence-corrected chi connectivity index (χ1v) is 8.71. The normalized spacial score (nSPS) is 20.2. The number of furan rings is 1. The molecule has 0 radical (unpaired) electrons. The molecule has 6 heteroatoms. The highest BCUT2D eigenvalue weighted by atomic mass is 16.5. The first-order valence-electron chi connectivity index (χ1n) is 8.71. The number of aryl methyl sites for hydroxylation is 1. The van der Waals surface area contributed by atoms with E-state index in [9.17, 15) is 4.79 Å². The molecule has 0 aromatic carbocycles. The van der Waals surface area contributed by atoms with Gasteiger partial charge in [0.1, 0.15) is 0 Å². The van der Waals surface area contributed by atoms with Crippen molar-refractivity contribution in [3.05, 3.63) is 41.6 Å². The smallest absolute Gasteiger partial charge is 0.289 e. The molecule has 1 atom stereocenters. The van der Waals surface area contributed by atoms with Gasteiger partial charge in [0, 0.05) is 37.4 Å².